The van der Waals surface area contributed by atoms with Crippen LogP contribution in [0.1, 0.15) is 25.1 Å². The van der Waals surface area contributed by atoms with E-state index in [1.807, 2.05) is 6.92 Å². The van der Waals surface area contributed by atoms with Crippen molar-refractivity contribution in [3.63, 3.8) is 0 Å². The van der Waals surface area contributed by atoms with Crippen LogP contribution in [0.5, 0.6) is 0 Å². The maximum atomic E-state index is 12.4. The largest absolute Gasteiger partial charge is 0.435 e. The van der Waals surface area contributed by atoms with E-state index in [0.717, 1.165) is 25.6 Å². The topological polar surface area (TPSA) is 29.9 Å². The summed E-state index contributed by atoms with van der Waals surface area (Å²) in [6.07, 6.45) is -2.10. The summed E-state index contributed by atoms with van der Waals surface area (Å²) in [4.78, 5) is 0. The molecule has 0 spiro atoms. The molecule has 3 nitrogen and oxygen atoms in total. The third-order valence-corrected chi connectivity index (χ3v) is 2.98. The Bertz CT molecular complexity index is 358. The van der Waals surface area contributed by atoms with Crippen LogP contribution in [-0.4, -0.2) is 22.9 Å². The van der Waals surface area contributed by atoms with Gasteiger partial charge in [0.25, 0.3) is 0 Å². The van der Waals surface area contributed by atoms with Gasteiger partial charge in [-0.05, 0) is 31.5 Å². The Hall–Kier alpha value is -1.04. The average molecular weight is 233 g/mol. The van der Waals surface area contributed by atoms with E-state index in [9.17, 15) is 13.2 Å². The second kappa shape index (κ2) is 4.08. The number of nitrogens with one attached hydrogen (secondary N) is 1. The summed E-state index contributed by atoms with van der Waals surface area (Å²) in [7, 11) is 0. The van der Waals surface area contributed by atoms with Crippen molar-refractivity contribution in [2.45, 2.75) is 25.6 Å². The lowest BCUT2D eigenvalue weighted by atomic mass is 9.96. The molecule has 2 unspecified atom stereocenters. The Labute approximate surface area is 91.6 Å². The van der Waals surface area contributed by atoms with Crippen LogP contribution in [-0.2, 0) is 6.18 Å². The van der Waals surface area contributed by atoms with Crippen molar-refractivity contribution in [1.82, 2.24) is 15.1 Å². The predicted octanol–water partition coefficient (Wildman–Crippen LogP) is 2.07. The molecule has 0 radical (unpaired) electrons. The molecule has 1 aromatic heterocycles. The Balaban J connectivity index is 2.18. The molecule has 0 aromatic carbocycles. The summed E-state index contributed by atoms with van der Waals surface area (Å²) < 4.78 is 38.6. The van der Waals surface area contributed by atoms with Crippen molar-refractivity contribution in [3.8, 4) is 0 Å². The highest BCUT2D eigenvalue weighted by molar-refractivity contribution is 5.04. The molecule has 16 heavy (non-hydrogen) atoms. The van der Waals surface area contributed by atoms with Crippen LogP contribution in [0.4, 0.5) is 13.2 Å². The van der Waals surface area contributed by atoms with Gasteiger partial charge in [-0.1, -0.05) is 6.92 Å². The Kier molecular flexibility index (Phi) is 2.92. The SMILES string of the molecule is CC1CNCCC1n1ccc(C(F)(F)F)n1. The minimum Gasteiger partial charge on any atom is -0.316 e. The van der Waals surface area contributed by atoms with E-state index < -0.39 is 11.9 Å². The average Bonchev–Trinajstić information content (AvgIpc) is 2.66. The van der Waals surface area contributed by atoms with Gasteiger partial charge in [0.2, 0.25) is 0 Å². The zero-order valence-corrected chi connectivity index (χ0v) is 8.96. The highest BCUT2D eigenvalue weighted by Crippen LogP contribution is 2.30. The highest BCUT2D eigenvalue weighted by atomic mass is 19.4. The minimum absolute atomic E-state index is 0.0670. The molecule has 1 saturated heterocycles. The lowest BCUT2D eigenvalue weighted by molar-refractivity contribution is -0.141. The first-order valence-corrected chi connectivity index (χ1v) is 5.31. The van der Waals surface area contributed by atoms with Crippen LogP contribution in [0.3, 0.4) is 0 Å². The first kappa shape index (κ1) is 11.4. The van der Waals surface area contributed by atoms with Gasteiger partial charge in [0.15, 0.2) is 5.69 Å². The molecule has 0 amide bonds. The molecule has 1 N–H and O–H groups in total. The van der Waals surface area contributed by atoms with Gasteiger partial charge in [0, 0.05) is 6.20 Å². The summed E-state index contributed by atoms with van der Waals surface area (Å²) in [6.45, 7) is 3.67. The molecule has 6 heteroatoms. The smallest absolute Gasteiger partial charge is 0.316 e. The summed E-state index contributed by atoms with van der Waals surface area (Å²) in [5.41, 5.74) is -0.807. The van der Waals surface area contributed by atoms with Crippen LogP contribution >= 0.6 is 0 Å². The third-order valence-electron chi connectivity index (χ3n) is 2.98. The first-order valence-electron chi connectivity index (χ1n) is 5.31. The van der Waals surface area contributed by atoms with Crippen molar-refractivity contribution in [3.05, 3.63) is 18.0 Å². The van der Waals surface area contributed by atoms with Crippen molar-refractivity contribution in [2.75, 3.05) is 13.1 Å². The van der Waals surface area contributed by atoms with E-state index in [2.05, 4.69) is 10.4 Å². The van der Waals surface area contributed by atoms with E-state index in [-0.39, 0.29) is 6.04 Å². The lowest BCUT2D eigenvalue weighted by Gasteiger charge is -2.29. The van der Waals surface area contributed by atoms with Crippen molar-refractivity contribution in [2.24, 2.45) is 5.92 Å². The third kappa shape index (κ3) is 2.21. The number of hydrogen-bond donors (Lipinski definition) is 1. The van der Waals surface area contributed by atoms with Gasteiger partial charge in [-0.15, -0.1) is 0 Å². The number of aromatic nitrogens is 2. The molecular weight excluding hydrogens is 219 g/mol. The monoisotopic (exact) mass is 233 g/mol. The zero-order chi connectivity index (χ0) is 11.8. The first-order chi connectivity index (χ1) is 7.48. The zero-order valence-electron chi connectivity index (χ0n) is 8.96. The Morgan fingerprint density at radius 3 is 2.81 bits per heavy atom. The second-order valence-corrected chi connectivity index (χ2v) is 4.22. The van der Waals surface area contributed by atoms with E-state index >= 15 is 0 Å². The summed E-state index contributed by atoms with van der Waals surface area (Å²) in [5.74, 6) is 0.301. The molecule has 2 atom stereocenters. The highest BCUT2D eigenvalue weighted by Gasteiger charge is 2.34. The number of hydrogen-bond acceptors (Lipinski definition) is 2. The molecule has 2 heterocycles. The standard InChI is InChI=1S/C10H14F3N3/c1-7-6-14-4-2-8(7)16-5-3-9(15-16)10(11,12)13/h3,5,7-8,14H,2,4,6H2,1H3. The number of halogens is 3. The van der Waals surface area contributed by atoms with E-state index in [0.29, 0.717) is 5.92 Å². The van der Waals surface area contributed by atoms with Gasteiger partial charge in [-0.3, -0.25) is 4.68 Å². The van der Waals surface area contributed by atoms with Gasteiger partial charge in [0.1, 0.15) is 0 Å². The molecule has 90 valence electrons. The van der Waals surface area contributed by atoms with Crippen LogP contribution in [0, 0.1) is 5.92 Å². The summed E-state index contributed by atoms with van der Waals surface area (Å²) in [5, 5.41) is 6.83. The number of nitrogens with zero attached hydrogens (tertiary/aromatic N) is 2. The lowest BCUT2D eigenvalue weighted by Crippen LogP contribution is -2.36. The van der Waals surface area contributed by atoms with Crippen LogP contribution in [0.25, 0.3) is 0 Å². The maximum Gasteiger partial charge on any atom is 0.435 e. The quantitative estimate of drug-likeness (QED) is 0.804. The number of alkyl halides is 3. The van der Waals surface area contributed by atoms with Crippen molar-refractivity contribution in [1.29, 1.82) is 0 Å². The van der Waals surface area contributed by atoms with Crippen molar-refractivity contribution < 1.29 is 13.2 Å². The number of rotatable bonds is 1. The minimum atomic E-state index is -4.35. The maximum absolute atomic E-state index is 12.4. The van der Waals surface area contributed by atoms with E-state index in [1.54, 1.807) is 0 Å². The van der Waals surface area contributed by atoms with Crippen LogP contribution in [0.2, 0.25) is 0 Å². The molecule has 1 fully saturated rings. The summed E-state index contributed by atoms with van der Waals surface area (Å²) >= 11 is 0. The predicted molar refractivity (Wildman–Crippen MR) is 52.9 cm³/mol. The molecule has 2 rings (SSSR count). The molecule has 1 aromatic rings. The number of piperidine rings is 1. The van der Waals surface area contributed by atoms with E-state index in [4.69, 9.17) is 0 Å². The molecule has 1 aliphatic heterocycles. The molecule has 0 saturated carbocycles. The van der Waals surface area contributed by atoms with E-state index in [1.165, 1.54) is 10.9 Å². The molecule has 1 aliphatic rings. The van der Waals surface area contributed by atoms with Crippen LogP contribution in [0.15, 0.2) is 12.3 Å². The molecular formula is C10H14F3N3. The van der Waals surface area contributed by atoms with Gasteiger partial charge in [-0.2, -0.15) is 18.3 Å². The van der Waals surface area contributed by atoms with Crippen LogP contribution < -0.4 is 5.32 Å². The second-order valence-electron chi connectivity index (χ2n) is 4.22. The Morgan fingerprint density at radius 2 is 2.25 bits per heavy atom. The van der Waals surface area contributed by atoms with Gasteiger partial charge >= 0.3 is 6.18 Å². The van der Waals surface area contributed by atoms with Gasteiger partial charge in [-0.25, -0.2) is 0 Å². The fraction of sp³-hybridized carbons (Fsp3) is 0.700. The molecule has 0 bridgehead atoms. The van der Waals surface area contributed by atoms with Gasteiger partial charge in [0.05, 0.1) is 6.04 Å². The molecule has 0 aliphatic carbocycles. The van der Waals surface area contributed by atoms with Crippen molar-refractivity contribution >= 4 is 0 Å². The van der Waals surface area contributed by atoms with Gasteiger partial charge < -0.3 is 5.32 Å². The normalized spacial score (nSPS) is 27.0. The fourth-order valence-corrected chi connectivity index (χ4v) is 2.07. The fourth-order valence-electron chi connectivity index (χ4n) is 2.07. The Morgan fingerprint density at radius 1 is 1.50 bits per heavy atom. The summed E-state index contributed by atoms with van der Waals surface area (Å²) in [6, 6.07) is 1.10.